The van der Waals surface area contributed by atoms with Crippen LogP contribution in [0.3, 0.4) is 0 Å². The molecule has 2 N–H and O–H groups in total. The zero-order valence-electron chi connectivity index (χ0n) is 9.36. The average molecular weight is 241 g/mol. The van der Waals surface area contributed by atoms with E-state index in [0.717, 1.165) is 18.2 Å². The minimum atomic E-state index is -1.25. The lowest BCUT2D eigenvalue weighted by Crippen LogP contribution is -2.34. The zero-order chi connectivity index (χ0) is 13.0. The minimum absolute atomic E-state index is 0.173. The largest absolute Gasteiger partial charge is 0.480 e. The summed E-state index contributed by atoms with van der Waals surface area (Å²) in [6.45, 7) is 1.44. The lowest BCUT2D eigenvalue weighted by atomic mass is 10.2. The maximum absolute atomic E-state index is 13.0. The highest BCUT2D eigenvalue weighted by atomic mass is 19.1. The van der Waals surface area contributed by atoms with Crippen molar-refractivity contribution in [2.75, 3.05) is 7.05 Å². The molecule has 0 saturated heterocycles. The topological polar surface area (TPSA) is 75.6 Å². The van der Waals surface area contributed by atoms with E-state index in [1.54, 1.807) is 0 Å². The number of halogens is 1. The van der Waals surface area contributed by atoms with Gasteiger partial charge in [0.15, 0.2) is 6.10 Å². The number of carbonyl (C=O) groups is 2. The van der Waals surface area contributed by atoms with Gasteiger partial charge in [-0.3, -0.25) is 4.79 Å². The Hall–Kier alpha value is -2.11. The molecule has 0 heterocycles. The molecule has 1 unspecified atom stereocenters. The van der Waals surface area contributed by atoms with Gasteiger partial charge in [-0.15, -0.1) is 0 Å². The van der Waals surface area contributed by atoms with Crippen LogP contribution in [0, 0.1) is 5.82 Å². The van der Waals surface area contributed by atoms with Gasteiger partial charge in [0.05, 0.1) is 0 Å². The molecule has 1 aromatic rings. The van der Waals surface area contributed by atoms with Gasteiger partial charge < -0.3 is 15.2 Å². The van der Waals surface area contributed by atoms with Gasteiger partial charge in [0.1, 0.15) is 17.1 Å². The van der Waals surface area contributed by atoms with E-state index in [1.807, 2.05) is 0 Å². The molecule has 0 aliphatic rings. The van der Waals surface area contributed by atoms with Crippen molar-refractivity contribution in [3.05, 3.63) is 29.6 Å². The van der Waals surface area contributed by atoms with Crippen LogP contribution in [0.2, 0.25) is 0 Å². The van der Waals surface area contributed by atoms with Crippen LogP contribution >= 0.6 is 0 Å². The highest BCUT2D eigenvalue weighted by Crippen LogP contribution is 2.21. The quantitative estimate of drug-likeness (QED) is 0.825. The van der Waals surface area contributed by atoms with Crippen LogP contribution in [-0.2, 0) is 4.79 Å². The Morgan fingerprint density at radius 2 is 2.12 bits per heavy atom. The Labute approximate surface area is 97.2 Å². The molecule has 17 heavy (non-hydrogen) atoms. The first-order chi connectivity index (χ1) is 7.95. The normalized spacial score (nSPS) is 11.7. The molecule has 1 rings (SSSR count). The fraction of sp³-hybridized carbons (Fsp3) is 0.273. The Morgan fingerprint density at radius 3 is 2.65 bits per heavy atom. The van der Waals surface area contributed by atoms with Gasteiger partial charge in [-0.1, -0.05) is 0 Å². The highest BCUT2D eigenvalue weighted by molar-refractivity contribution is 5.91. The van der Waals surface area contributed by atoms with E-state index in [1.165, 1.54) is 14.0 Å². The van der Waals surface area contributed by atoms with E-state index in [-0.39, 0.29) is 11.3 Å². The molecule has 1 amide bonds. The van der Waals surface area contributed by atoms with Crippen molar-refractivity contribution in [3.8, 4) is 5.75 Å². The molecule has 6 heteroatoms. The van der Waals surface area contributed by atoms with Crippen molar-refractivity contribution in [3.63, 3.8) is 0 Å². The summed E-state index contributed by atoms with van der Waals surface area (Å²) in [6.07, 6.45) is -0.903. The van der Waals surface area contributed by atoms with Crippen LogP contribution < -0.4 is 10.1 Å². The summed E-state index contributed by atoms with van der Waals surface area (Å²) in [7, 11) is 1.42. The second-order valence-corrected chi connectivity index (χ2v) is 3.32. The Bertz CT molecular complexity index is 447. The fourth-order valence-electron chi connectivity index (χ4n) is 1.22. The lowest BCUT2D eigenvalue weighted by Gasteiger charge is -2.14. The molecule has 1 atom stereocenters. The van der Waals surface area contributed by atoms with Gasteiger partial charge in [-0.25, -0.2) is 9.18 Å². The molecule has 1 aromatic carbocycles. The van der Waals surface area contributed by atoms with Gasteiger partial charge >= 0.3 is 5.97 Å². The summed E-state index contributed by atoms with van der Waals surface area (Å²) in [4.78, 5) is 22.1. The van der Waals surface area contributed by atoms with Crippen molar-refractivity contribution < 1.29 is 23.8 Å². The van der Waals surface area contributed by atoms with E-state index in [4.69, 9.17) is 9.84 Å². The number of carbonyl (C=O) groups excluding carboxylic acids is 1. The van der Waals surface area contributed by atoms with Crippen LogP contribution in [-0.4, -0.2) is 30.1 Å². The van der Waals surface area contributed by atoms with E-state index >= 15 is 0 Å². The van der Waals surface area contributed by atoms with E-state index in [2.05, 4.69) is 5.32 Å². The summed E-state index contributed by atoms with van der Waals surface area (Å²) in [5.41, 5.74) is -0.192. The first-order valence-electron chi connectivity index (χ1n) is 4.86. The first-order valence-corrected chi connectivity index (χ1v) is 4.86. The third kappa shape index (κ3) is 3.17. The molecule has 0 aliphatic heterocycles. The smallest absolute Gasteiger partial charge is 0.339 e. The van der Waals surface area contributed by atoms with E-state index in [9.17, 15) is 14.0 Å². The number of rotatable bonds is 4. The van der Waals surface area contributed by atoms with Crippen LogP contribution in [0.25, 0.3) is 0 Å². The number of nitrogens with one attached hydrogen (secondary N) is 1. The molecular weight excluding hydrogens is 229 g/mol. The maximum atomic E-state index is 13.0. The second-order valence-electron chi connectivity index (χ2n) is 3.32. The van der Waals surface area contributed by atoms with Crippen LogP contribution in [0.15, 0.2) is 18.2 Å². The number of hydrogen-bond acceptors (Lipinski definition) is 3. The van der Waals surface area contributed by atoms with Gasteiger partial charge in [0.2, 0.25) is 0 Å². The van der Waals surface area contributed by atoms with Crippen molar-refractivity contribution in [1.82, 2.24) is 5.32 Å². The van der Waals surface area contributed by atoms with Crippen molar-refractivity contribution in [2.24, 2.45) is 0 Å². The molecule has 0 aromatic heterocycles. The molecule has 0 spiro atoms. The second kappa shape index (κ2) is 5.29. The molecule has 0 fully saturated rings. The number of hydrogen-bond donors (Lipinski definition) is 2. The predicted octanol–water partition coefficient (Wildman–Crippen LogP) is 1.04. The molecule has 0 aliphatic carbocycles. The molecule has 0 bridgehead atoms. The molecular formula is C11H12FNO4. The zero-order valence-corrected chi connectivity index (χ0v) is 9.36. The molecule has 0 saturated carbocycles. The maximum Gasteiger partial charge on any atom is 0.339 e. The lowest BCUT2D eigenvalue weighted by molar-refractivity contribution is -0.126. The fourth-order valence-corrected chi connectivity index (χ4v) is 1.22. The monoisotopic (exact) mass is 241 g/mol. The first kappa shape index (κ1) is 13.0. The standard InChI is InChI=1S/C11H12FNO4/c1-6(10(14)13-2)17-9-5-7(12)3-4-8(9)11(15)16/h3-6H,1-2H3,(H,13,14)(H,15,16). The highest BCUT2D eigenvalue weighted by Gasteiger charge is 2.18. The predicted molar refractivity (Wildman–Crippen MR) is 57.5 cm³/mol. The van der Waals surface area contributed by atoms with Gasteiger partial charge in [0, 0.05) is 13.1 Å². The van der Waals surface area contributed by atoms with Crippen LogP contribution in [0.1, 0.15) is 17.3 Å². The molecule has 0 radical (unpaired) electrons. The third-order valence-electron chi connectivity index (χ3n) is 2.09. The number of carboxylic acids is 1. The Morgan fingerprint density at radius 1 is 1.47 bits per heavy atom. The van der Waals surface area contributed by atoms with E-state index < -0.39 is 23.8 Å². The van der Waals surface area contributed by atoms with E-state index in [0.29, 0.717) is 0 Å². The summed E-state index contributed by atoms with van der Waals surface area (Å²) >= 11 is 0. The van der Waals surface area contributed by atoms with Crippen LogP contribution in [0.4, 0.5) is 4.39 Å². The Balaban J connectivity index is 3.00. The minimum Gasteiger partial charge on any atom is -0.480 e. The number of benzene rings is 1. The third-order valence-corrected chi connectivity index (χ3v) is 2.09. The van der Waals surface area contributed by atoms with Crippen molar-refractivity contribution in [1.29, 1.82) is 0 Å². The summed E-state index contributed by atoms with van der Waals surface area (Å²) < 4.78 is 18.1. The number of carboxylic acid groups (broad SMARTS) is 1. The summed E-state index contributed by atoms with van der Waals surface area (Å²) in [5.74, 6) is -2.47. The summed E-state index contributed by atoms with van der Waals surface area (Å²) in [5, 5.41) is 11.2. The number of ether oxygens (including phenoxy) is 1. The van der Waals surface area contributed by atoms with Crippen molar-refractivity contribution >= 4 is 11.9 Å². The molecule has 5 nitrogen and oxygen atoms in total. The van der Waals surface area contributed by atoms with Gasteiger partial charge in [-0.05, 0) is 19.1 Å². The Kier molecular flexibility index (Phi) is 4.03. The number of aromatic carboxylic acids is 1. The number of amides is 1. The SMILES string of the molecule is CNC(=O)C(C)Oc1cc(F)ccc1C(=O)O. The van der Waals surface area contributed by atoms with Crippen molar-refractivity contribution in [2.45, 2.75) is 13.0 Å². The van der Waals surface area contributed by atoms with Crippen LogP contribution in [0.5, 0.6) is 5.75 Å². The number of likely N-dealkylation sites (N-methyl/N-ethyl adjacent to an activating group) is 1. The van der Waals surface area contributed by atoms with Gasteiger partial charge in [-0.2, -0.15) is 0 Å². The molecule has 92 valence electrons. The summed E-state index contributed by atoms with van der Waals surface area (Å²) in [6, 6.07) is 3.04. The van der Waals surface area contributed by atoms with Gasteiger partial charge in [0.25, 0.3) is 5.91 Å². The average Bonchev–Trinajstić information content (AvgIpc) is 2.27.